The molecule has 2 fully saturated rings. The lowest BCUT2D eigenvalue weighted by molar-refractivity contribution is -0.191. The number of anilines is 1. The predicted octanol–water partition coefficient (Wildman–Crippen LogP) is 0.581. The van der Waals surface area contributed by atoms with Crippen LogP contribution in [-0.4, -0.2) is 49.9 Å². The first kappa shape index (κ1) is 15.2. The van der Waals surface area contributed by atoms with Crippen molar-refractivity contribution in [1.82, 2.24) is 19.5 Å². The Labute approximate surface area is 137 Å². The van der Waals surface area contributed by atoms with Gasteiger partial charge in [-0.1, -0.05) is 0 Å². The van der Waals surface area contributed by atoms with Gasteiger partial charge in [-0.2, -0.15) is 0 Å². The van der Waals surface area contributed by atoms with E-state index < -0.39 is 18.1 Å². The Morgan fingerprint density at radius 3 is 2.83 bits per heavy atom. The highest BCUT2D eigenvalue weighted by Gasteiger charge is 2.55. The minimum absolute atomic E-state index is 0.301. The van der Waals surface area contributed by atoms with Gasteiger partial charge in [0.2, 0.25) is 0 Å². The smallest absolute Gasteiger partial charge is 0.167 e. The van der Waals surface area contributed by atoms with Gasteiger partial charge in [0.1, 0.15) is 36.4 Å². The molecule has 4 rings (SSSR count). The largest absolute Gasteiger partial charge is 0.382 e. The number of ether oxygens (including phenoxy) is 3. The number of aromatic nitrogens is 4. The van der Waals surface area contributed by atoms with Crippen molar-refractivity contribution in [2.24, 2.45) is 0 Å². The first-order valence-corrected chi connectivity index (χ1v) is 7.56. The number of hydrogen-bond acceptors (Lipinski definition) is 8. The number of hydrogen-bond donors (Lipinski definition) is 1. The molecular weight excluding hydrogens is 314 g/mol. The fourth-order valence-electron chi connectivity index (χ4n) is 3.20. The molecule has 0 amide bonds. The average molecular weight is 331 g/mol. The van der Waals surface area contributed by atoms with E-state index in [0.29, 0.717) is 23.3 Å². The summed E-state index contributed by atoms with van der Waals surface area (Å²) in [6, 6.07) is 0. The molecular formula is C15H17N5O4. The van der Waals surface area contributed by atoms with Gasteiger partial charge in [-0.25, -0.2) is 15.0 Å². The molecule has 126 valence electrons. The Morgan fingerprint density at radius 1 is 1.25 bits per heavy atom. The Morgan fingerprint density at radius 2 is 2.04 bits per heavy atom. The Bertz CT molecular complexity index is 817. The van der Waals surface area contributed by atoms with Gasteiger partial charge < -0.3 is 19.9 Å². The molecule has 0 aliphatic carbocycles. The summed E-state index contributed by atoms with van der Waals surface area (Å²) < 4.78 is 19.7. The number of imidazole rings is 1. The van der Waals surface area contributed by atoms with Crippen molar-refractivity contribution in [2.45, 2.75) is 44.2 Å². The second kappa shape index (κ2) is 5.33. The molecule has 0 radical (unpaired) electrons. The second-order valence-corrected chi connectivity index (χ2v) is 6.16. The summed E-state index contributed by atoms with van der Waals surface area (Å²) in [4.78, 5) is 23.1. The van der Waals surface area contributed by atoms with Crippen LogP contribution in [0.25, 0.3) is 11.2 Å². The summed E-state index contributed by atoms with van der Waals surface area (Å²) in [5.74, 6) is -0.440. The fourth-order valence-corrected chi connectivity index (χ4v) is 3.20. The molecule has 2 N–H and O–H groups in total. The topological polar surface area (TPSA) is 114 Å². The van der Waals surface area contributed by atoms with Crippen LogP contribution < -0.4 is 5.73 Å². The third kappa shape index (κ3) is 2.29. The van der Waals surface area contributed by atoms with Crippen LogP contribution in [0.1, 0.15) is 20.1 Å². The maximum atomic E-state index is 10.6. The molecule has 0 aromatic carbocycles. The summed E-state index contributed by atoms with van der Waals surface area (Å²) in [7, 11) is 0. The van der Waals surface area contributed by atoms with E-state index in [0.717, 1.165) is 0 Å². The van der Waals surface area contributed by atoms with Gasteiger partial charge in [0.05, 0.1) is 6.33 Å². The normalized spacial score (nSPS) is 31.8. The Balaban J connectivity index is 1.75. The van der Waals surface area contributed by atoms with Gasteiger partial charge in [-0.05, 0) is 26.0 Å². The molecule has 9 nitrogen and oxygen atoms in total. The van der Waals surface area contributed by atoms with Gasteiger partial charge in [-0.3, -0.25) is 9.36 Å². The Kier molecular flexibility index (Phi) is 3.37. The van der Waals surface area contributed by atoms with Crippen LogP contribution in [0.3, 0.4) is 0 Å². The number of carbonyl (C=O) groups is 1. The van der Waals surface area contributed by atoms with Crippen molar-refractivity contribution in [3.63, 3.8) is 0 Å². The van der Waals surface area contributed by atoms with Crippen molar-refractivity contribution < 1.29 is 19.0 Å². The monoisotopic (exact) mass is 331 g/mol. The van der Waals surface area contributed by atoms with Crippen LogP contribution in [0.2, 0.25) is 0 Å². The SMILES string of the molecule is CC1(C)O[C@@H]2[C@H](O1)[C@@H](/C=C/C=O)O[C@H]2n1cnc2c(N)ncnc21. The number of nitrogen functional groups attached to an aromatic ring is 1. The number of fused-ring (bicyclic) bond motifs is 2. The summed E-state index contributed by atoms with van der Waals surface area (Å²) in [5, 5.41) is 0. The number of aldehydes is 1. The van der Waals surface area contributed by atoms with Crippen molar-refractivity contribution >= 4 is 23.3 Å². The maximum absolute atomic E-state index is 10.6. The molecule has 0 unspecified atom stereocenters. The number of allylic oxidation sites excluding steroid dienone is 1. The van der Waals surface area contributed by atoms with E-state index in [9.17, 15) is 4.79 Å². The molecule has 0 bridgehead atoms. The third-order valence-electron chi connectivity index (χ3n) is 4.11. The standard InChI is InChI=1S/C15H17N5O4/c1-15(2)23-10-8(4-3-5-21)22-14(11(10)24-15)20-7-19-9-12(16)17-6-18-13(9)20/h3-8,10-11,14H,1-2H3,(H2,16,17,18)/b4-3+/t8-,10-,11-,14-/m1/s1. The lowest BCUT2D eigenvalue weighted by atomic mass is 10.1. The number of nitrogens with zero attached hydrogens (tertiary/aromatic N) is 4. The van der Waals surface area contributed by atoms with Crippen LogP contribution in [0.15, 0.2) is 24.8 Å². The molecule has 0 spiro atoms. The quantitative estimate of drug-likeness (QED) is 0.641. The number of carbonyl (C=O) groups excluding carboxylic acids is 1. The lowest BCUT2D eigenvalue weighted by Crippen LogP contribution is -2.28. The van der Waals surface area contributed by atoms with Crippen LogP contribution in [0.5, 0.6) is 0 Å². The van der Waals surface area contributed by atoms with Crippen molar-refractivity contribution in [2.75, 3.05) is 5.73 Å². The third-order valence-corrected chi connectivity index (χ3v) is 4.11. The van der Waals surface area contributed by atoms with Crippen molar-refractivity contribution in [3.05, 3.63) is 24.8 Å². The Hall–Kier alpha value is -2.36. The molecule has 9 heteroatoms. The summed E-state index contributed by atoms with van der Waals surface area (Å²) in [6.07, 6.45) is 5.12. The minimum Gasteiger partial charge on any atom is -0.382 e. The molecule has 2 aromatic heterocycles. The van der Waals surface area contributed by atoms with Crippen molar-refractivity contribution in [3.8, 4) is 0 Å². The van der Waals surface area contributed by atoms with Gasteiger partial charge in [0, 0.05) is 0 Å². The van der Waals surface area contributed by atoms with E-state index in [1.807, 2.05) is 13.8 Å². The maximum Gasteiger partial charge on any atom is 0.167 e. The second-order valence-electron chi connectivity index (χ2n) is 6.16. The summed E-state index contributed by atoms with van der Waals surface area (Å²) in [6.45, 7) is 3.68. The van der Waals surface area contributed by atoms with E-state index in [1.165, 1.54) is 12.4 Å². The number of nitrogens with two attached hydrogens (primary N) is 1. The summed E-state index contributed by atoms with van der Waals surface area (Å²) in [5.41, 5.74) is 6.90. The molecule has 0 saturated carbocycles. The van der Waals surface area contributed by atoms with Crippen LogP contribution in [-0.2, 0) is 19.0 Å². The van der Waals surface area contributed by atoms with E-state index in [4.69, 9.17) is 19.9 Å². The molecule has 2 aromatic rings. The zero-order chi connectivity index (χ0) is 16.9. The van der Waals surface area contributed by atoms with Gasteiger partial charge >= 0.3 is 0 Å². The highest BCUT2D eigenvalue weighted by Crippen LogP contribution is 2.44. The first-order chi connectivity index (χ1) is 11.5. The zero-order valence-electron chi connectivity index (χ0n) is 13.2. The fraction of sp³-hybridized carbons (Fsp3) is 0.467. The number of rotatable bonds is 3. The van der Waals surface area contributed by atoms with Crippen molar-refractivity contribution in [1.29, 1.82) is 0 Å². The molecule has 4 atom stereocenters. The van der Waals surface area contributed by atoms with Gasteiger partial charge in [0.25, 0.3) is 0 Å². The highest BCUT2D eigenvalue weighted by atomic mass is 16.8. The molecule has 4 heterocycles. The first-order valence-electron chi connectivity index (χ1n) is 7.56. The summed E-state index contributed by atoms with van der Waals surface area (Å²) >= 11 is 0. The molecule has 2 aliphatic heterocycles. The highest BCUT2D eigenvalue weighted by molar-refractivity contribution is 5.81. The van der Waals surface area contributed by atoms with Gasteiger partial charge in [-0.15, -0.1) is 0 Å². The van der Waals surface area contributed by atoms with E-state index in [2.05, 4.69) is 15.0 Å². The van der Waals surface area contributed by atoms with E-state index in [1.54, 1.807) is 17.0 Å². The van der Waals surface area contributed by atoms with E-state index in [-0.39, 0.29) is 12.2 Å². The predicted molar refractivity (Wildman–Crippen MR) is 82.7 cm³/mol. The van der Waals surface area contributed by atoms with Crippen LogP contribution in [0.4, 0.5) is 5.82 Å². The van der Waals surface area contributed by atoms with E-state index >= 15 is 0 Å². The van der Waals surface area contributed by atoms with Gasteiger partial charge in [0.15, 0.2) is 23.5 Å². The minimum atomic E-state index is -0.741. The molecule has 24 heavy (non-hydrogen) atoms. The van der Waals surface area contributed by atoms with Crippen LogP contribution >= 0.6 is 0 Å². The lowest BCUT2D eigenvalue weighted by Gasteiger charge is -2.23. The van der Waals surface area contributed by atoms with Crippen LogP contribution in [0, 0.1) is 0 Å². The average Bonchev–Trinajstić information content (AvgIpc) is 3.17. The zero-order valence-corrected chi connectivity index (χ0v) is 13.2. The molecule has 2 aliphatic rings. The molecule has 2 saturated heterocycles.